The third-order valence-corrected chi connectivity index (χ3v) is 2.92. The molecule has 2 rings (SSSR count). The molecule has 2 aromatic carbocycles. The molecule has 0 fully saturated rings. The number of carboxylic acids is 2. The Hall–Kier alpha value is -2.27. The van der Waals surface area contributed by atoms with Gasteiger partial charge in [-0.15, -0.1) is 0 Å². The van der Waals surface area contributed by atoms with Gasteiger partial charge in [0, 0.05) is 9.79 Å². The summed E-state index contributed by atoms with van der Waals surface area (Å²) >= 11 is 1.79. The van der Waals surface area contributed by atoms with Gasteiger partial charge < -0.3 is 10.2 Å². The Kier molecular flexibility index (Phi) is 6.18. The molecule has 5 heteroatoms. The first-order valence-electron chi connectivity index (χ1n) is 5.34. The van der Waals surface area contributed by atoms with Gasteiger partial charge >= 0.3 is 11.9 Å². The van der Waals surface area contributed by atoms with Crippen LogP contribution in [-0.2, 0) is 9.59 Å². The number of rotatable bonds is 2. The third kappa shape index (κ3) is 6.28. The van der Waals surface area contributed by atoms with Crippen LogP contribution in [0.2, 0.25) is 0 Å². The Bertz CT molecular complexity index is 476. The first-order valence-corrected chi connectivity index (χ1v) is 6.15. The molecule has 0 bridgehead atoms. The van der Waals surface area contributed by atoms with E-state index in [1.54, 1.807) is 11.8 Å². The second-order valence-electron chi connectivity index (χ2n) is 3.34. The Morgan fingerprint density at radius 3 is 1.26 bits per heavy atom. The fourth-order valence-electron chi connectivity index (χ4n) is 1.11. The molecule has 0 spiro atoms. The first-order chi connectivity index (χ1) is 9.09. The Morgan fingerprint density at radius 2 is 1.00 bits per heavy atom. The van der Waals surface area contributed by atoms with Gasteiger partial charge in [-0.3, -0.25) is 0 Å². The van der Waals surface area contributed by atoms with Crippen molar-refractivity contribution in [2.45, 2.75) is 9.79 Å². The van der Waals surface area contributed by atoms with Crippen LogP contribution in [0.3, 0.4) is 0 Å². The van der Waals surface area contributed by atoms with Crippen LogP contribution in [-0.4, -0.2) is 22.2 Å². The second-order valence-corrected chi connectivity index (χ2v) is 4.49. The summed E-state index contributed by atoms with van der Waals surface area (Å²) in [6, 6.07) is 20.8. The summed E-state index contributed by atoms with van der Waals surface area (Å²) in [6.45, 7) is 0. The fourth-order valence-corrected chi connectivity index (χ4v) is 1.97. The minimum atomic E-state index is -1.82. The minimum Gasteiger partial charge on any atom is -0.473 e. The lowest BCUT2D eigenvalue weighted by atomic mass is 10.4. The normalized spacial score (nSPS) is 9.05. The Labute approximate surface area is 114 Å². The van der Waals surface area contributed by atoms with Crippen LogP contribution >= 0.6 is 11.8 Å². The first kappa shape index (κ1) is 14.8. The van der Waals surface area contributed by atoms with Crippen molar-refractivity contribution in [3.8, 4) is 0 Å². The highest BCUT2D eigenvalue weighted by Crippen LogP contribution is 2.26. The number of hydrogen-bond acceptors (Lipinski definition) is 3. The highest BCUT2D eigenvalue weighted by molar-refractivity contribution is 7.99. The van der Waals surface area contributed by atoms with E-state index in [0.29, 0.717) is 0 Å². The maximum atomic E-state index is 9.10. The lowest BCUT2D eigenvalue weighted by molar-refractivity contribution is -0.159. The largest absolute Gasteiger partial charge is 0.473 e. The molecule has 0 aliphatic rings. The molecule has 0 aromatic heterocycles. The van der Waals surface area contributed by atoms with Gasteiger partial charge in [0.15, 0.2) is 0 Å². The zero-order chi connectivity index (χ0) is 14.1. The molecule has 19 heavy (non-hydrogen) atoms. The molecule has 4 nitrogen and oxygen atoms in total. The van der Waals surface area contributed by atoms with Gasteiger partial charge in [-0.05, 0) is 24.3 Å². The number of carbonyl (C=O) groups is 2. The van der Waals surface area contributed by atoms with Gasteiger partial charge in [0.1, 0.15) is 0 Å². The predicted octanol–water partition coefficient (Wildman–Crippen LogP) is 2.99. The topological polar surface area (TPSA) is 74.6 Å². The van der Waals surface area contributed by atoms with E-state index < -0.39 is 11.9 Å². The molecule has 2 aromatic rings. The molecule has 0 saturated carbocycles. The number of benzene rings is 2. The van der Waals surface area contributed by atoms with E-state index in [4.69, 9.17) is 19.8 Å². The molecular formula is C14H12O4S. The lowest BCUT2D eigenvalue weighted by Crippen LogP contribution is -2.09. The van der Waals surface area contributed by atoms with Gasteiger partial charge in [-0.25, -0.2) is 9.59 Å². The second kappa shape index (κ2) is 7.94. The minimum absolute atomic E-state index is 1.29. The van der Waals surface area contributed by atoms with Crippen LogP contribution in [0.5, 0.6) is 0 Å². The quantitative estimate of drug-likeness (QED) is 0.825. The van der Waals surface area contributed by atoms with E-state index in [-0.39, 0.29) is 0 Å². The average molecular weight is 276 g/mol. The smallest absolute Gasteiger partial charge is 0.414 e. The third-order valence-electron chi connectivity index (χ3n) is 1.91. The van der Waals surface area contributed by atoms with Crippen molar-refractivity contribution in [1.29, 1.82) is 0 Å². The molecule has 0 aliphatic heterocycles. The van der Waals surface area contributed by atoms with Crippen LogP contribution < -0.4 is 0 Å². The van der Waals surface area contributed by atoms with E-state index in [0.717, 1.165) is 0 Å². The van der Waals surface area contributed by atoms with Gasteiger partial charge in [-0.2, -0.15) is 0 Å². The summed E-state index contributed by atoms with van der Waals surface area (Å²) in [7, 11) is 0. The van der Waals surface area contributed by atoms with Crippen molar-refractivity contribution in [2.75, 3.05) is 0 Å². The van der Waals surface area contributed by atoms with Crippen LogP contribution in [0.1, 0.15) is 0 Å². The van der Waals surface area contributed by atoms with Crippen LogP contribution in [0.25, 0.3) is 0 Å². The van der Waals surface area contributed by atoms with Crippen molar-refractivity contribution in [1.82, 2.24) is 0 Å². The molecule has 2 N–H and O–H groups in total. The van der Waals surface area contributed by atoms with Gasteiger partial charge in [0.05, 0.1) is 0 Å². The van der Waals surface area contributed by atoms with Crippen LogP contribution in [0.15, 0.2) is 70.5 Å². The summed E-state index contributed by atoms with van der Waals surface area (Å²) in [6.07, 6.45) is 0. The monoisotopic (exact) mass is 276 g/mol. The Morgan fingerprint density at radius 1 is 0.684 bits per heavy atom. The SMILES string of the molecule is O=C(O)C(=O)O.c1ccc(Sc2ccccc2)cc1. The fraction of sp³-hybridized carbons (Fsp3) is 0. The van der Waals surface area contributed by atoms with Crippen molar-refractivity contribution < 1.29 is 19.8 Å². The zero-order valence-corrected chi connectivity index (χ0v) is 10.7. The van der Waals surface area contributed by atoms with Crippen LogP contribution in [0, 0.1) is 0 Å². The summed E-state index contributed by atoms with van der Waals surface area (Å²) in [5, 5.41) is 14.8. The highest BCUT2D eigenvalue weighted by atomic mass is 32.2. The van der Waals surface area contributed by atoms with E-state index in [9.17, 15) is 0 Å². The number of carboxylic acid groups (broad SMARTS) is 2. The van der Waals surface area contributed by atoms with Gasteiger partial charge in [0.2, 0.25) is 0 Å². The van der Waals surface area contributed by atoms with Crippen molar-refractivity contribution in [3.05, 3.63) is 60.7 Å². The van der Waals surface area contributed by atoms with Gasteiger partial charge in [-0.1, -0.05) is 48.2 Å². The molecule has 0 aliphatic carbocycles. The molecule has 0 atom stereocenters. The van der Waals surface area contributed by atoms with Crippen molar-refractivity contribution in [3.63, 3.8) is 0 Å². The van der Waals surface area contributed by atoms with E-state index in [1.165, 1.54) is 9.79 Å². The molecule has 98 valence electrons. The zero-order valence-electron chi connectivity index (χ0n) is 9.89. The maximum Gasteiger partial charge on any atom is 0.414 e. The maximum absolute atomic E-state index is 9.10. The summed E-state index contributed by atoms with van der Waals surface area (Å²) < 4.78 is 0. The lowest BCUT2D eigenvalue weighted by Gasteiger charge is -1.99. The average Bonchev–Trinajstić information content (AvgIpc) is 2.41. The number of hydrogen-bond donors (Lipinski definition) is 2. The number of aliphatic carboxylic acids is 2. The van der Waals surface area contributed by atoms with Gasteiger partial charge in [0.25, 0.3) is 0 Å². The molecule has 0 saturated heterocycles. The summed E-state index contributed by atoms with van der Waals surface area (Å²) in [5.74, 6) is -3.65. The van der Waals surface area contributed by atoms with Crippen molar-refractivity contribution >= 4 is 23.7 Å². The molecule has 0 radical (unpaired) electrons. The van der Waals surface area contributed by atoms with Crippen molar-refractivity contribution in [2.24, 2.45) is 0 Å². The predicted molar refractivity (Wildman–Crippen MR) is 72.3 cm³/mol. The standard InChI is InChI=1S/C12H10S.C2H2O4/c1-3-7-11(8-4-1)13-12-9-5-2-6-10-12;3-1(4)2(5)6/h1-10H;(H,3,4)(H,5,6). The molecule has 0 unspecified atom stereocenters. The van der Waals surface area contributed by atoms with E-state index in [2.05, 4.69) is 48.5 Å². The Balaban J connectivity index is 0.000000258. The van der Waals surface area contributed by atoms with Crippen LogP contribution in [0.4, 0.5) is 0 Å². The highest BCUT2D eigenvalue weighted by Gasteiger charge is 2.04. The summed E-state index contributed by atoms with van der Waals surface area (Å²) in [5.41, 5.74) is 0. The summed E-state index contributed by atoms with van der Waals surface area (Å²) in [4.78, 5) is 20.8. The van der Waals surface area contributed by atoms with E-state index in [1.807, 2.05) is 12.1 Å². The molecule has 0 amide bonds. The van der Waals surface area contributed by atoms with E-state index >= 15 is 0 Å². The molecule has 0 heterocycles. The molecular weight excluding hydrogens is 264 g/mol.